The average Bonchev–Trinajstić information content (AvgIpc) is 2.82. The monoisotopic (exact) mass is 301 g/mol. The van der Waals surface area contributed by atoms with Crippen LogP contribution in [-0.2, 0) is 23.4 Å². The Morgan fingerprint density at radius 3 is 2.60 bits per heavy atom. The van der Waals surface area contributed by atoms with Gasteiger partial charge in [-0.3, -0.25) is 4.68 Å². The van der Waals surface area contributed by atoms with Crippen molar-refractivity contribution in [1.29, 1.82) is 0 Å². The summed E-state index contributed by atoms with van der Waals surface area (Å²) < 4.78 is 50.0. The molecule has 0 fully saturated rings. The summed E-state index contributed by atoms with van der Waals surface area (Å²) in [4.78, 5) is -0.405. The van der Waals surface area contributed by atoms with Crippen LogP contribution in [0.2, 0.25) is 0 Å². The molecule has 0 amide bonds. The Morgan fingerprint density at radius 1 is 1.30 bits per heavy atom. The van der Waals surface area contributed by atoms with Crippen molar-refractivity contribution in [2.24, 2.45) is 7.05 Å². The first-order valence-corrected chi connectivity index (χ1v) is 7.29. The zero-order valence-corrected chi connectivity index (χ0v) is 11.4. The molecule has 20 heavy (non-hydrogen) atoms. The standard InChI is InChI=1S/C12H13F2N3O2S/c1-17-9(6-7-16-17)8-15-10-4-2-3-5-11(10)20(18,19)12(13)14/h2-7,12,15H,8H2,1H3. The van der Waals surface area contributed by atoms with Crippen LogP contribution >= 0.6 is 0 Å². The second-order valence-corrected chi connectivity index (χ2v) is 5.99. The van der Waals surface area contributed by atoms with Gasteiger partial charge in [0, 0.05) is 13.2 Å². The minimum atomic E-state index is -4.63. The molecule has 1 heterocycles. The maximum atomic E-state index is 12.6. The topological polar surface area (TPSA) is 64.0 Å². The minimum absolute atomic E-state index is 0.147. The molecule has 8 heteroatoms. The van der Waals surface area contributed by atoms with E-state index in [4.69, 9.17) is 0 Å². The third-order valence-corrected chi connectivity index (χ3v) is 4.25. The van der Waals surface area contributed by atoms with Crippen LogP contribution in [-0.4, -0.2) is 24.0 Å². The Labute approximate surface area is 115 Å². The number of sulfone groups is 1. The predicted molar refractivity (Wildman–Crippen MR) is 70.2 cm³/mol. The summed E-state index contributed by atoms with van der Waals surface area (Å²) in [5.74, 6) is -3.44. The zero-order chi connectivity index (χ0) is 14.8. The lowest BCUT2D eigenvalue weighted by atomic mass is 10.3. The Morgan fingerprint density at radius 2 is 2.00 bits per heavy atom. The van der Waals surface area contributed by atoms with Crippen LogP contribution in [0.1, 0.15) is 5.69 Å². The number of aryl methyl sites for hydroxylation is 1. The highest BCUT2D eigenvalue weighted by molar-refractivity contribution is 7.91. The van der Waals surface area contributed by atoms with Crippen molar-refractivity contribution in [3.63, 3.8) is 0 Å². The molecule has 0 unspecified atom stereocenters. The summed E-state index contributed by atoms with van der Waals surface area (Å²) in [5.41, 5.74) is 0.947. The van der Waals surface area contributed by atoms with Crippen LogP contribution in [0, 0.1) is 0 Å². The van der Waals surface area contributed by atoms with Crippen molar-refractivity contribution in [2.75, 3.05) is 5.32 Å². The van der Waals surface area contributed by atoms with Crippen molar-refractivity contribution in [3.8, 4) is 0 Å². The number of halogens is 2. The van der Waals surface area contributed by atoms with Crippen molar-refractivity contribution < 1.29 is 17.2 Å². The molecular formula is C12H13F2N3O2S. The number of nitrogens with zero attached hydrogens (tertiary/aromatic N) is 2. The van der Waals surface area contributed by atoms with E-state index in [1.165, 1.54) is 12.1 Å². The number of rotatable bonds is 5. The highest BCUT2D eigenvalue weighted by Crippen LogP contribution is 2.26. The second-order valence-electron chi connectivity index (χ2n) is 4.10. The number of benzene rings is 1. The summed E-state index contributed by atoms with van der Waals surface area (Å²) in [6.45, 7) is 0.284. The number of anilines is 1. The Bertz CT molecular complexity index is 698. The van der Waals surface area contributed by atoms with Crippen LogP contribution in [0.3, 0.4) is 0 Å². The van der Waals surface area contributed by atoms with Gasteiger partial charge in [0.1, 0.15) is 0 Å². The molecule has 1 aromatic heterocycles. The first-order chi connectivity index (χ1) is 9.43. The van der Waals surface area contributed by atoms with E-state index in [2.05, 4.69) is 10.4 Å². The van der Waals surface area contributed by atoms with Gasteiger partial charge in [-0.2, -0.15) is 13.9 Å². The molecule has 0 aliphatic rings. The third kappa shape index (κ3) is 2.79. The summed E-state index contributed by atoms with van der Waals surface area (Å²) in [6.07, 6.45) is 1.60. The van der Waals surface area contributed by atoms with Gasteiger partial charge in [0.2, 0.25) is 9.84 Å². The van der Waals surface area contributed by atoms with Crippen LogP contribution in [0.4, 0.5) is 14.5 Å². The predicted octanol–water partition coefficient (Wildman–Crippen LogP) is 2.03. The molecule has 108 valence electrons. The lowest BCUT2D eigenvalue weighted by Crippen LogP contribution is -2.14. The number of alkyl halides is 2. The number of hydrogen-bond donors (Lipinski definition) is 1. The van der Waals surface area contributed by atoms with Gasteiger partial charge < -0.3 is 5.32 Å². The molecular weight excluding hydrogens is 288 g/mol. The maximum Gasteiger partial charge on any atom is 0.341 e. The minimum Gasteiger partial charge on any atom is -0.378 e. The molecule has 0 saturated carbocycles. The fraction of sp³-hybridized carbons (Fsp3) is 0.250. The smallest absolute Gasteiger partial charge is 0.341 e. The molecule has 0 atom stereocenters. The summed E-state index contributed by atoms with van der Waals surface area (Å²) >= 11 is 0. The first-order valence-electron chi connectivity index (χ1n) is 5.75. The zero-order valence-electron chi connectivity index (χ0n) is 10.6. The largest absolute Gasteiger partial charge is 0.378 e. The molecule has 0 aliphatic carbocycles. The molecule has 0 spiro atoms. The van der Waals surface area contributed by atoms with E-state index in [1.807, 2.05) is 0 Å². The normalized spacial score (nSPS) is 11.8. The maximum absolute atomic E-state index is 12.6. The van der Waals surface area contributed by atoms with Crippen LogP contribution in [0.25, 0.3) is 0 Å². The third-order valence-electron chi connectivity index (χ3n) is 2.81. The SMILES string of the molecule is Cn1nccc1CNc1ccccc1S(=O)(=O)C(F)F. The molecule has 2 aromatic rings. The van der Waals surface area contributed by atoms with Gasteiger partial charge in [0.25, 0.3) is 0 Å². The highest BCUT2D eigenvalue weighted by atomic mass is 32.2. The lowest BCUT2D eigenvalue weighted by Gasteiger charge is -2.12. The molecule has 0 saturated heterocycles. The van der Waals surface area contributed by atoms with Crippen molar-refractivity contribution in [2.45, 2.75) is 17.2 Å². The van der Waals surface area contributed by atoms with Crippen molar-refractivity contribution in [3.05, 3.63) is 42.2 Å². The number of para-hydroxylation sites is 1. The van der Waals surface area contributed by atoms with Crippen LogP contribution < -0.4 is 5.32 Å². The van der Waals surface area contributed by atoms with Gasteiger partial charge in [-0.05, 0) is 18.2 Å². The lowest BCUT2D eigenvalue weighted by molar-refractivity contribution is 0.235. The van der Waals surface area contributed by atoms with Gasteiger partial charge in [-0.25, -0.2) is 8.42 Å². The van der Waals surface area contributed by atoms with E-state index in [0.29, 0.717) is 0 Å². The summed E-state index contributed by atoms with van der Waals surface area (Å²) in [5, 5.41) is 6.81. The quantitative estimate of drug-likeness (QED) is 0.918. The highest BCUT2D eigenvalue weighted by Gasteiger charge is 2.28. The molecule has 0 bridgehead atoms. The van der Waals surface area contributed by atoms with E-state index in [1.54, 1.807) is 30.1 Å². The average molecular weight is 301 g/mol. The second kappa shape index (κ2) is 5.58. The van der Waals surface area contributed by atoms with Crippen LogP contribution in [0.15, 0.2) is 41.4 Å². The Hall–Kier alpha value is -1.96. The fourth-order valence-electron chi connectivity index (χ4n) is 1.72. The van der Waals surface area contributed by atoms with Gasteiger partial charge in [-0.1, -0.05) is 12.1 Å². The Kier molecular flexibility index (Phi) is 4.03. The summed E-state index contributed by atoms with van der Waals surface area (Å²) in [7, 11) is -2.89. The number of hydrogen-bond acceptors (Lipinski definition) is 4. The fourth-order valence-corrected chi connectivity index (χ4v) is 2.62. The molecule has 1 N–H and O–H groups in total. The van der Waals surface area contributed by atoms with E-state index < -0.39 is 20.5 Å². The van der Waals surface area contributed by atoms with Gasteiger partial charge in [0.15, 0.2) is 0 Å². The van der Waals surface area contributed by atoms with Gasteiger partial charge in [0.05, 0.1) is 22.8 Å². The van der Waals surface area contributed by atoms with Crippen LogP contribution in [0.5, 0.6) is 0 Å². The molecule has 1 aromatic carbocycles. The summed E-state index contributed by atoms with van der Waals surface area (Å²) in [6, 6.07) is 7.34. The molecule has 0 radical (unpaired) electrons. The van der Waals surface area contributed by atoms with Gasteiger partial charge in [-0.15, -0.1) is 0 Å². The molecule has 5 nitrogen and oxygen atoms in total. The van der Waals surface area contributed by atoms with E-state index >= 15 is 0 Å². The van der Waals surface area contributed by atoms with E-state index in [0.717, 1.165) is 11.8 Å². The molecule has 0 aliphatic heterocycles. The van der Waals surface area contributed by atoms with E-state index in [-0.39, 0.29) is 12.2 Å². The molecule has 2 rings (SSSR count). The van der Waals surface area contributed by atoms with Gasteiger partial charge >= 0.3 is 5.76 Å². The first kappa shape index (κ1) is 14.4. The Balaban J connectivity index is 2.28. The number of nitrogens with one attached hydrogen (secondary N) is 1. The number of aromatic nitrogens is 2. The van der Waals surface area contributed by atoms with Crippen molar-refractivity contribution >= 4 is 15.5 Å². The van der Waals surface area contributed by atoms with Crippen molar-refractivity contribution in [1.82, 2.24) is 9.78 Å². The van der Waals surface area contributed by atoms with E-state index in [9.17, 15) is 17.2 Å².